The third-order valence-corrected chi connectivity index (χ3v) is 6.71. The molecule has 3 aromatic carbocycles. The molecule has 3 aromatic rings. The highest BCUT2D eigenvalue weighted by Crippen LogP contribution is 2.16. The van der Waals surface area contributed by atoms with Crippen LogP contribution < -0.4 is 32.2 Å². The van der Waals surface area contributed by atoms with Crippen molar-refractivity contribution in [1.29, 1.82) is 0 Å². The third kappa shape index (κ3) is 13.5. The fraction of sp³-hybridized carbons (Fsp3) is 0.343. The Morgan fingerprint density at radius 1 is 0.667 bits per heavy atom. The zero-order valence-corrected chi connectivity index (χ0v) is 27.3. The van der Waals surface area contributed by atoms with Gasteiger partial charge in [0.15, 0.2) is 0 Å². The van der Waals surface area contributed by atoms with Crippen molar-refractivity contribution >= 4 is 29.7 Å². The van der Waals surface area contributed by atoms with Gasteiger partial charge in [0.25, 0.3) is 0 Å². The Kier molecular flexibility index (Phi) is 13.9. The van der Waals surface area contributed by atoms with Gasteiger partial charge in [-0.1, -0.05) is 72.8 Å². The Balaban J connectivity index is 1.71. The predicted molar refractivity (Wildman–Crippen MR) is 177 cm³/mol. The number of primary amides is 2. The molecule has 3 rings (SSSR count). The van der Waals surface area contributed by atoms with E-state index in [1.165, 1.54) is 0 Å². The maximum atomic E-state index is 13.5. The van der Waals surface area contributed by atoms with Crippen LogP contribution in [0.5, 0.6) is 5.75 Å². The minimum Gasteiger partial charge on any atom is -0.489 e. The van der Waals surface area contributed by atoms with E-state index in [0.717, 1.165) is 11.1 Å². The lowest BCUT2D eigenvalue weighted by atomic mass is 10.0. The number of carbonyl (C=O) groups excluding carboxylic acids is 5. The number of alkyl carbamates (subject to hydrolysis) is 1. The van der Waals surface area contributed by atoms with Crippen molar-refractivity contribution in [3.05, 3.63) is 102 Å². The number of hydrogen-bond donors (Lipinski definition) is 5. The number of nitrogens with two attached hydrogens (primary N) is 2. The molecule has 0 aliphatic carbocycles. The number of amides is 5. The molecule has 48 heavy (non-hydrogen) atoms. The molecule has 5 amide bonds. The second-order valence-electron chi connectivity index (χ2n) is 12.0. The summed E-state index contributed by atoms with van der Waals surface area (Å²) in [6.45, 7) is 5.06. The lowest BCUT2D eigenvalue weighted by Gasteiger charge is -2.25. The molecule has 3 atom stereocenters. The first-order chi connectivity index (χ1) is 22.8. The summed E-state index contributed by atoms with van der Waals surface area (Å²) < 4.78 is 16.7. The molecule has 0 fully saturated rings. The van der Waals surface area contributed by atoms with Crippen LogP contribution in [0.3, 0.4) is 0 Å². The minimum absolute atomic E-state index is 0.0517. The van der Waals surface area contributed by atoms with Crippen molar-refractivity contribution in [3.8, 4) is 5.75 Å². The van der Waals surface area contributed by atoms with Crippen LogP contribution in [0.25, 0.3) is 0 Å². The van der Waals surface area contributed by atoms with Gasteiger partial charge in [0.05, 0.1) is 19.6 Å². The summed E-state index contributed by atoms with van der Waals surface area (Å²) in [5, 5.41) is 7.40. The SMILES string of the molecule is CC(C)(C)OC(=O)N[C@H](CC(N)=O)C(=O)N[C@@H](COCc1ccccc1)C(=O)N[C@@H](Cc1ccc(OCc2ccccc2)cc1)C(N)=O. The van der Waals surface area contributed by atoms with E-state index in [2.05, 4.69) is 16.0 Å². The molecule has 13 heteroatoms. The first-order valence-electron chi connectivity index (χ1n) is 15.3. The smallest absolute Gasteiger partial charge is 0.408 e. The van der Waals surface area contributed by atoms with Gasteiger partial charge >= 0.3 is 6.09 Å². The van der Waals surface area contributed by atoms with Gasteiger partial charge in [0.2, 0.25) is 23.6 Å². The summed E-state index contributed by atoms with van der Waals surface area (Å²) in [6.07, 6.45) is -1.48. The number of ether oxygens (including phenoxy) is 3. The van der Waals surface area contributed by atoms with Crippen LogP contribution in [-0.2, 0) is 48.3 Å². The second-order valence-corrected chi connectivity index (χ2v) is 12.0. The average Bonchev–Trinajstić information content (AvgIpc) is 3.03. The molecule has 0 saturated carbocycles. The van der Waals surface area contributed by atoms with E-state index in [1.807, 2.05) is 60.7 Å². The molecule has 13 nitrogen and oxygen atoms in total. The van der Waals surface area contributed by atoms with Crippen LogP contribution in [0.1, 0.15) is 43.9 Å². The van der Waals surface area contributed by atoms with Crippen molar-refractivity contribution < 1.29 is 38.2 Å². The highest BCUT2D eigenvalue weighted by atomic mass is 16.6. The Hall–Kier alpha value is -5.43. The highest BCUT2D eigenvalue weighted by molar-refractivity contribution is 5.95. The summed E-state index contributed by atoms with van der Waals surface area (Å²) in [6, 6.07) is 21.8. The molecule has 7 N–H and O–H groups in total. The van der Waals surface area contributed by atoms with Gasteiger partial charge in [0.1, 0.15) is 36.1 Å². The van der Waals surface area contributed by atoms with Crippen LogP contribution in [0, 0.1) is 0 Å². The molecule has 0 bridgehead atoms. The van der Waals surface area contributed by atoms with Crippen molar-refractivity contribution in [1.82, 2.24) is 16.0 Å². The lowest BCUT2D eigenvalue weighted by Crippen LogP contribution is -2.58. The van der Waals surface area contributed by atoms with Crippen LogP contribution in [0.15, 0.2) is 84.9 Å². The quantitative estimate of drug-likeness (QED) is 0.145. The maximum absolute atomic E-state index is 13.5. The summed E-state index contributed by atoms with van der Waals surface area (Å²) in [7, 11) is 0. The number of rotatable bonds is 17. The summed E-state index contributed by atoms with van der Waals surface area (Å²) in [5.41, 5.74) is 12.6. The standard InChI is InChI=1S/C35H43N5O8/c1-35(2,3)48-34(45)40-28(19-30(36)41)32(43)39-29(22-46-20-24-10-6-4-7-11-24)33(44)38-27(31(37)42)18-23-14-16-26(17-15-23)47-21-25-12-8-5-9-13-25/h4-17,27-29H,18-22H2,1-3H3,(H2,36,41)(H2,37,42)(H,38,44)(H,39,43)(H,40,45)/t27-,28+,29-/m0/s1. The Morgan fingerprint density at radius 2 is 1.21 bits per heavy atom. The fourth-order valence-electron chi connectivity index (χ4n) is 4.38. The molecular weight excluding hydrogens is 618 g/mol. The summed E-state index contributed by atoms with van der Waals surface area (Å²) in [5.74, 6) is -2.74. The van der Waals surface area contributed by atoms with E-state index in [0.29, 0.717) is 17.9 Å². The van der Waals surface area contributed by atoms with Crippen molar-refractivity contribution in [2.45, 2.75) is 70.6 Å². The predicted octanol–water partition coefficient (Wildman–Crippen LogP) is 2.25. The molecule has 0 heterocycles. The monoisotopic (exact) mass is 661 g/mol. The molecule has 0 aromatic heterocycles. The second kappa shape index (κ2) is 18.0. The van der Waals surface area contributed by atoms with E-state index >= 15 is 0 Å². The van der Waals surface area contributed by atoms with E-state index in [-0.39, 0.29) is 19.6 Å². The number of carbonyl (C=O) groups is 5. The highest BCUT2D eigenvalue weighted by Gasteiger charge is 2.31. The van der Waals surface area contributed by atoms with E-state index in [1.54, 1.807) is 45.0 Å². The van der Waals surface area contributed by atoms with Crippen molar-refractivity contribution in [2.24, 2.45) is 11.5 Å². The third-order valence-electron chi connectivity index (χ3n) is 6.71. The van der Waals surface area contributed by atoms with Crippen LogP contribution in [0.4, 0.5) is 4.79 Å². The normalized spacial score (nSPS) is 12.9. The largest absolute Gasteiger partial charge is 0.489 e. The number of benzene rings is 3. The summed E-state index contributed by atoms with van der Waals surface area (Å²) in [4.78, 5) is 63.4. The topological polar surface area (TPSA) is 201 Å². The van der Waals surface area contributed by atoms with Crippen molar-refractivity contribution in [3.63, 3.8) is 0 Å². The van der Waals surface area contributed by atoms with Gasteiger partial charge in [-0.2, -0.15) is 0 Å². The Bertz CT molecular complexity index is 1510. The molecule has 0 saturated heterocycles. The van der Waals surface area contributed by atoms with E-state index in [9.17, 15) is 24.0 Å². The Labute approximate surface area is 279 Å². The van der Waals surface area contributed by atoms with Crippen LogP contribution in [0.2, 0.25) is 0 Å². The van der Waals surface area contributed by atoms with Gasteiger partial charge in [-0.05, 0) is 49.6 Å². The molecule has 0 spiro atoms. The van der Waals surface area contributed by atoms with Gasteiger partial charge in [0, 0.05) is 6.42 Å². The zero-order chi connectivity index (χ0) is 35.1. The van der Waals surface area contributed by atoms with Gasteiger partial charge < -0.3 is 41.6 Å². The Morgan fingerprint density at radius 3 is 1.75 bits per heavy atom. The number of nitrogens with one attached hydrogen (secondary N) is 3. The molecule has 0 aliphatic rings. The van der Waals surface area contributed by atoms with Gasteiger partial charge in [-0.3, -0.25) is 19.2 Å². The lowest BCUT2D eigenvalue weighted by molar-refractivity contribution is -0.134. The molecule has 0 aliphatic heterocycles. The molecular formula is C35H43N5O8. The molecule has 0 radical (unpaired) electrons. The van der Waals surface area contributed by atoms with Crippen molar-refractivity contribution in [2.75, 3.05) is 6.61 Å². The molecule has 0 unspecified atom stereocenters. The fourth-order valence-corrected chi connectivity index (χ4v) is 4.38. The first kappa shape index (κ1) is 37.0. The van der Waals surface area contributed by atoms with E-state index < -0.39 is 59.9 Å². The van der Waals surface area contributed by atoms with Gasteiger partial charge in [-0.15, -0.1) is 0 Å². The van der Waals surface area contributed by atoms with Crippen LogP contribution >= 0.6 is 0 Å². The van der Waals surface area contributed by atoms with Crippen LogP contribution in [-0.4, -0.2) is 60.1 Å². The average molecular weight is 662 g/mol. The van der Waals surface area contributed by atoms with Gasteiger partial charge in [-0.25, -0.2) is 4.79 Å². The zero-order valence-electron chi connectivity index (χ0n) is 27.3. The van der Waals surface area contributed by atoms with E-state index in [4.69, 9.17) is 25.7 Å². The maximum Gasteiger partial charge on any atom is 0.408 e. The first-order valence-corrected chi connectivity index (χ1v) is 15.3. The number of hydrogen-bond acceptors (Lipinski definition) is 8. The molecule has 256 valence electrons. The summed E-state index contributed by atoms with van der Waals surface area (Å²) >= 11 is 0. The minimum atomic E-state index is -1.46.